The molecule has 0 spiro atoms. The Kier molecular flexibility index (Phi) is 6.34. The molecule has 1 atom stereocenters. The zero-order valence-electron chi connectivity index (χ0n) is 8.45. The molecular formula is C9H22N2O. The number of aliphatic hydroxyl groups excluding tert-OH is 1. The molecule has 0 aromatic heterocycles. The fraction of sp³-hybridized carbons (Fsp3) is 1.00. The van der Waals surface area contributed by atoms with Crippen LogP contribution in [0.4, 0.5) is 0 Å². The van der Waals surface area contributed by atoms with Crippen molar-refractivity contribution in [2.45, 2.75) is 38.8 Å². The summed E-state index contributed by atoms with van der Waals surface area (Å²) in [5, 5.41) is 8.62. The van der Waals surface area contributed by atoms with Gasteiger partial charge in [-0.25, -0.2) is 0 Å². The summed E-state index contributed by atoms with van der Waals surface area (Å²) < 4.78 is 0. The highest BCUT2D eigenvalue weighted by Crippen LogP contribution is 1.99. The molecule has 74 valence electrons. The highest BCUT2D eigenvalue weighted by Gasteiger charge is 2.06. The first-order valence-electron chi connectivity index (χ1n) is 4.64. The predicted octanol–water partition coefficient (Wildman–Crippen LogP) is 0.426. The molecule has 3 nitrogen and oxygen atoms in total. The van der Waals surface area contributed by atoms with Crippen molar-refractivity contribution in [3.05, 3.63) is 0 Å². The van der Waals surface area contributed by atoms with E-state index in [1.807, 2.05) is 0 Å². The Bertz CT molecular complexity index is 107. The SMILES string of the molecule is CC(C)N(C)CCC(N)CCO. The van der Waals surface area contributed by atoms with Gasteiger partial charge in [-0.05, 0) is 40.3 Å². The Morgan fingerprint density at radius 3 is 2.33 bits per heavy atom. The first-order chi connectivity index (χ1) is 5.57. The molecule has 3 heteroatoms. The Balaban J connectivity index is 3.40. The number of nitrogens with two attached hydrogens (primary N) is 1. The van der Waals surface area contributed by atoms with Gasteiger partial charge >= 0.3 is 0 Å². The summed E-state index contributed by atoms with van der Waals surface area (Å²) in [7, 11) is 2.09. The van der Waals surface area contributed by atoms with E-state index in [1.54, 1.807) is 0 Å². The Morgan fingerprint density at radius 2 is 1.92 bits per heavy atom. The van der Waals surface area contributed by atoms with Gasteiger partial charge in [-0.15, -0.1) is 0 Å². The van der Waals surface area contributed by atoms with Crippen LogP contribution < -0.4 is 5.73 Å². The van der Waals surface area contributed by atoms with Crippen LogP contribution in [-0.2, 0) is 0 Å². The van der Waals surface area contributed by atoms with Gasteiger partial charge in [0.05, 0.1) is 0 Å². The van der Waals surface area contributed by atoms with Crippen molar-refractivity contribution in [2.24, 2.45) is 5.73 Å². The molecule has 0 amide bonds. The molecule has 3 N–H and O–H groups in total. The van der Waals surface area contributed by atoms with E-state index in [-0.39, 0.29) is 12.6 Å². The maximum Gasteiger partial charge on any atom is 0.0445 e. The molecule has 0 heterocycles. The average molecular weight is 174 g/mol. The number of aliphatic hydroxyl groups is 1. The van der Waals surface area contributed by atoms with Crippen molar-refractivity contribution in [1.82, 2.24) is 4.90 Å². The third-order valence-electron chi connectivity index (χ3n) is 2.23. The first-order valence-corrected chi connectivity index (χ1v) is 4.64. The van der Waals surface area contributed by atoms with Crippen LogP contribution in [0.3, 0.4) is 0 Å². The summed E-state index contributed by atoms with van der Waals surface area (Å²) in [6, 6.07) is 0.725. The maximum absolute atomic E-state index is 8.62. The van der Waals surface area contributed by atoms with Gasteiger partial charge in [0.2, 0.25) is 0 Å². The van der Waals surface area contributed by atoms with Crippen LogP contribution in [0.25, 0.3) is 0 Å². The molecule has 0 rings (SSSR count). The van der Waals surface area contributed by atoms with E-state index in [1.165, 1.54) is 0 Å². The average Bonchev–Trinajstić information content (AvgIpc) is 2.00. The second-order valence-corrected chi connectivity index (χ2v) is 3.64. The smallest absolute Gasteiger partial charge is 0.0445 e. The summed E-state index contributed by atoms with van der Waals surface area (Å²) in [5.41, 5.74) is 5.75. The lowest BCUT2D eigenvalue weighted by atomic mass is 10.1. The zero-order valence-corrected chi connectivity index (χ0v) is 8.45. The van der Waals surface area contributed by atoms with Gasteiger partial charge in [0.25, 0.3) is 0 Å². The lowest BCUT2D eigenvalue weighted by molar-refractivity contribution is 0.241. The van der Waals surface area contributed by atoms with E-state index in [2.05, 4.69) is 25.8 Å². The third-order valence-corrected chi connectivity index (χ3v) is 2.23. The van der Waals surface area contributed by atoms with Crippen molar-refractivity contribution in [3.8, 4) is 0 Å². The largest absolute Gasteiger partial charge is 0.396 e. The molecule has 0 saturated carbocycles. The van der Waals surface area contributed by atoms with E-state index >= 15 is 0 Å². The molecule has 1 unspecified atom stereocenters. The molecule has 0 saturated heterocycles. The molecular weight excluding hydrogens is 152 g/mol. The molecule has 0 aromatic carbocycles. The Hall–Kier alpha value is -0.120. The number of hydrogen-bond donors (Lipinski definition) is 2. The van der Waals surface area contributed by atoms with Crippen molar-refractivity contribution in [1.29, 1.82) is 0 Å². The summed E-state index contributed by atoms with van der Waals surface area (Å²) in [6.07, 6.45) is 1.68. The monoisotopic (exact) mass is 174 g/mol. The zero-order chi connectivity index (χ0) is 9.56. The highest BCUT2D eigenvalue weighted by molar-refractivity contribution is 4.65. The van der Waals surface area contributed by atoms with E-state index in [4.69, 9.17) is 10.8 Å². The molecule has 12 heavy (non-hydrogen) atoms. The predicted molar refractivity (Wildman–Crippen MR) is 52.1 cm³/mol. The van der Waals surface area contributed by atoms with Crippen LogP contribution in [-0.4, -0.2) is 42.3 Å². The molecule has 0 aliphatic rings. The Morgan fingerprint density at radius 1 is 1.33 bits per heavy atom. The van der Waals surface area contributed by atoms with E-state index in [0.717, 1.165) is 13.0 Å². The van der Waals surface area contributed by atoms with Crippen LogP contribution in [0.15, 0.2) is 0 Å². The molecule has 0 aliphatic carbocycles. The molecule has 0 bridgehead atoms. The summed E-state index contributed by atoms with van der Waals surface area (Å²) in [5.74, 6) is 0. The quantitative estimate of drug-likeness (QED) is 0.614. The third kappa shape index (κ3) is 5.52. The molecule has 0 aromatic rings. The van der Waals surface area contributed by atoms with Crippen molar-refractivity contribution < 1.29 is 5.11 Å². The summed E-state index contributed by atoms with van der Waals surface area (Å²) in [6.45, 7) is 5.54. The normalized spacial score (nSPS) is 14.2. The van der Waals surface area contributed by atoms with Crippen LogP contribution in [0.1, 0.15) is 26.7 Å². The molecule has 0 radical (unpaired) electrons. The van der Waals surface area contributed by atoms with Crippen LogP contribution in [0, 0.1) is 0 Å². The van der Waals surface area contributed by atoms with Crippen molar-refractivity contribution in [3.63, 3.8) is 0 Å². The number of hydrogen-bond acceptors (Lipinski definition) is 3. The minimum absolute atomic E-state index is 0.149. The standard InChI is InChI=1S/C9H22N2O/c1-8(2)11(3)6-4-9(10)5-7-12/h8-9,12H,4-7,10H2,1-3H3. The number of rotatable bonds is 6. The summed E-state index contributed by atoms with van der Waals surface area (Å²) >= 11 is 0. The van der Waals surface area contributed by atoms with E-state index in [9.17, 15) is 0 Å². The van der Waals surface area contributed by atoms with E-state index in [0.29, 0.717) is 12.5 Å². The second-order valence-electron chi connectivity index (χ2n) is 3.64. The van der Waals surface area contributed by atoms with Gasteiger partial charge < -0.3 is 15.7 Å². The highest BCUT2D eigenvalue weighted by atomic mass is 16.3. The van der Waals surface area contributed by atoms with Gasteiger partial charge in [-0.2, -0.15) is 0 Å². The lowest BCUT2D eigenvalue weighted by Crippen LogP contribution is -2.32. The Labute approximate surface area is 75.6 Å². The van der Waals surface area contributed by atoms with Crippen LogP contribution in [0.5, 0.6) is 0 Å². The second kappa shape index (κ2) is 6.40. The van der Waals surface area contributed by atoms with Gasteiger partial charge in [0.1, 0.15) is 0 Å². The van der Waals surface area contributed by atoms with E-state index < -0.39 is 0 Å². The maximum atomic E-state index is 8.62. The van der Waals surface area contributed by atoms with Crippen molar-refractivity contribution >= 4 is 0 Å². The fourth-order valence-electron chi connectivity index (χ4n) is 0.938. The molecule has 0 fully saturated rings. The molecule has 0 aliphatic heterocycles. The minimum atomic E-state index is 0.149. The minimum Gasteiger partial charge on any atom is -0.396 e. The van der Waals surface area contributed by atoms with Gasteiger partial charge in [0, 0.05) is 18.7 Å². The number of nitrogens with zero attached hydrogens (tertiary/aromatic N) is 1. The topological polar surface area (TPSA) is 49.5 Å². The lowest BCUT2D eigenvalue weighted by Gasteiger charge is -2.22. The van der Waals surface area contributed by atoms with Gasteiger partial charge in [-0.1, -0.05) is 0 Å². The fourth-order valence-corrected chi connectivity index (χ4v) is 0.938. The summed E-state index contributed by atoms with van der Waals surface area (Å²) in [4.78, 5) is 2.26. The van der Waals surface area contributed by atoms with Gasteiger partial charge in [0.15, 0.2) is 0 Å². The van der Waals surface area contributed by atoms with Crippen LogP contribution in [0.2, 0.25) is 0 Å². The van der Waals surface area contributed by atoms with Crippen LogP contribution >= 0.6 is 0 Å². The van der Waals surface area contributed by atoms with Gasteiger partial charge in [-0.3, -0.25) is 0 Å². The van der Waals surface area contributed by atoms with Crippen molar-refractivity contribution in [2.75, 3.05) is 20.2 Å². The first kappa shape index (κ1) is 11.9.